The molecular formula is C18H14N4. The lowest BCUT2D eigenvalue weighted by Crippen LogP contribution is -2.00. The molecule has 22 heavy (non-hydrogen) atoms. The third-order valence-electron chi connectivity index (χ3n) is 3.59. The number of hydrogen-bond acceptors (Lipinski definition) is 3. The fraction of sp³-hybridized carbons (Fsp3) is 0.0556. The molecule has 4 rings (SSSR count). The van der Waals surface area contributed by atoms with Crippen LogP contribution in [0.4, 0.5) is 0 Å². The van der Waals surface area contributed by atoms with Crippen molar-refractivity contribution in [3.63, 3.8) is 0 Å². The topological polar surface area (TPSA) is 43.6 Å². The van der Waals surface area contributed by atoms with Gasteiger partial charge in [0.15, 0.2) is 5.65 Å². The summed E-state index contributed by atoms with van der Waals surface area (Å²) in [7, 11) is 0. The predicted molar refractivity (Wildman–Crippen MR) is 86.8 cm³/mol. The van der Waals surface area contributed by atoms with Crippen molar-refractivity contribution < 1.29 is 0 Å². The molecule has 4 heteroatoms. The Balaban J connectivity index is 2.00. The van der Waals surface area contributed by atoms with Crippen molar-refractivity contribution in [1.29, 1.82) is 0 Å². The molecule has 2 heterocycles. The van der Waals surface area contributed by atoms with Crippen LogP contribution in [-0.4, -0.2) is 19.7 Å². The van der Waals surface area contributed by atoms with Crippen molar-refractivity contribution in [2.24, 2.45) is 0 Å². The molecule has 106 valence electrons. The van der Waals surface area contributed by atoms with Crippen molar-refractivity contribution in [3.05, 3.63) is 72.7 Å². The van der Waals surface area contributed by atoms with Gasteiger partial charge in [-0.05, 0) is 19.1 Å². The summed E-state index contributed by atoms with van der Waals surface area (Å²) in [6.45, 7) is 1.91. The first-order valence-corrected chi connectivity index (χ1v) is 7.16. The first kappa shape index (κ1) is 12.7. The summed E-state index contributed by atoms with van der Waals surface area (Å²) in [5.74, 6) is 0.740. The van der Waals surface area contributed by atoms with Crippen molar-refractivity contribution in [1.82, 2.24) is 19.7 Å². The van der Waals surface area contributed by atoms with E-state index in [9.17, 15) is 0 Å². The van der Waals surface area contributed by atoms with E-state index in [0.29, 0.717) is 0 Å². The highest BCUT2D eigenvalue weighted by atomic mass is 15.3. The highest BCUT2D eigenvalue weighted by Gasteiger charge is 2.13. The lowest BCUT2D eigenvalue weighted by Gasteiger charge is -2.06. The van der Waals surface area contributed by atoms with E-state index in [4.69, 9.17) is 0 Å². The van der Waals surface area contributed by atoms with Crippen LogP contribution in [0.1, 0.15) is 5.82 Å². The Hall–Kier alpha value is -3.01. The molecule has 0 radical (unpaired) electrons. The molecule has 0 amide bonds. The molecule has 0 fully saturated rings. The largest absolute Gasteiger partial charge is 0.232 e. The van der Waals surface area contributed by atoms with Crippen LogP contribution >= 0.6 is 0 Å². The van der Waals surface area contributed by atoms with Gasteiger partial charge in [0, 0.05) is 5.56 Å². The standard InChI is InChI=1S/C18H14N4/c1-13-20-17(14-8-4-2-5-9-14)16-12-19-22(18(16)21-13)15-10-6-3-7-11-15/h2-12H,1H3. The molecule has 0 saturated heterocycles. The number of rotatable bonds is 2. The molecule has 0 atom stereocenters. The van der Waals surface area contributed by atoms with Crippen LogP contribution in [0.15, 0.2) is 66.9 Å². The van der Waals surface area contributed by atoms with Gasteiger partial charge in [-0.2, -0.15) is 5.10 Å². The molecule has 0 N–H and O–H groups in total. The van der Waals surface area contributed by atoms with Gasteiger partial charge in [-0.3, -0.25) is 0 Å². The molecule has 0 bridgehead atoms. The molecule has 0 aliphatic heterocycles. The zero-order chi connectivity index (χ0) is 14.9. The van der Waals surface area contributed by atoms with Gasteiger partial charge in [0.05, 0.1) is 23.0 Å². The van der Waals surface area contributed by atoms with E-state index in [1.54, 1.807) is 0 Å². The van der Waals surface area contributed by atoms with Crippen LogP contribution in [0.25, 0.3) is 28.0 Å². The quantitative estimate of drug-likeness (QED) is 0.563. The van der Waals surface area contributed by atoms with Crippen molar-refractivity contribution >= 4 is 11.0 Å². The number of hydrogen-bond donors (Lipinski definition) is 0. The predicted octanol–water partition coefficient (Wildman–Crippen LogP) is 3.79. The zero-order valence-electron chi connectivity index (χ0n) is 12.1. The molecule has 2 aromatic carbocycles. The minimum Gasteiger partial charge on any atom is -0.232 e. The van der Waals surface area contributed by atoms with E-state index in [-0.39, 0.29) is 0 Å². The van der Waals surface area contributed by atoms with Gasteiger partial charge >= 0.3 is 0 Å². The van der Waals surface area contributed by atoms with Crippen molar-refractivity contribution in [2.45, 2.75) is 6.92 Å². The summed E-state index contributed by atoms with van der Waals surface area (Å²) in [4.78, 5) is 9.20. The van der Waals surface area contributed by atoms with E-state index in [0.717, 1.165) is 33.8 Å². The lowest BCUT2D eigenvalue weighted by atomic mass is 10.1. The van der Waals surface area contributed by atoms with E-state index in [1.165, 1.54) is 0 Å². The van der Waals surface area contributed by atoms with Crippen LogP contribution in [0.2, 0.25) is 0 Å². The summed E-state index contributed by atoms with van der Waals surface area (Å²) in [6.07, 6.45) is 1.84. The molecule has 4 nitrogen and oxygen atoms in total. The van der Waals surface area contributed by atoms with E-state index in [2.05, 4.69) is 27.2 Å². The number of aryl methyl sites for hydroxylation is 1. The van der Waals surface area contributed by atoms with Gasteiger partial charge in [0.25, 0.3) is 0 Å². The maximum atomic E-state index is 4.61. The Morgan fingerprint density at radius 1 is 0.818 bits per heavy atom. The van der Waals surface area contributed by atoms with Crippen LogP contribution in [-0.2, 0) is 0 Å². The zero-order valence-corrected chi connectivity index (χ0v) is 12.1. The van der Waals surface area contributed by atoms with Gasteiger partial charge in [0.1, 0.15) is 5.82 Å². The second-order valence-electron chi connectivity index (χ2n) is 5.11. The average molecular weight is 286 g/mol. The normalized spacial score (nSPS) is 11.0. The highest BCUT2D eigenvalue weighted by Crippen LogP contribution is 2.27. The van der Waals surface area contributed by atoms with E-state index in [1.807, 2.05) is 66.3 Å². The Morgan fingerprint density at radius 2 is 1.50 bits per heavy atom. The molecule has 0 unspecified atom stereocenters. The van der Waals surface area contributed by atoms with Crippen LogP contribution in [0.3, 0.4) is 0 Å². The molecule has 0 aliphatic carbocycles. The van der Waals surface area contributed by atoms with Gasteiger partial charge in [-0.15, -0.1) is 0 Å². The summed E-state index contributed by atoms with van der Waals surface area (Å²) in [5, 5.41) is 5.47. The minimum absolute atomic E-state index is 0.740. The van der Waals surface area contributed by atoms with E-state index >= 15 is 0 Å². The Bertz CT molecular complexity index is 927. The van der Waals surface area contributed by atoms with E-state index < -0.39 is 0 Å². The highest BCUT2D eigenvalue weighted by molar-refractivity contribution is 5.90. The van der Waals surface area contributed by atoms with Gasteiger partial charge in [-0.1, -0.05) is 48.5 Å². The number of aromatic nitrogens is 4. The van der Waals surface area contributed by atoms with Gasteiger partial charge in [-0.25, -0.2) is 14.6 Å². The Morgan fingerprint density at radius 3 is 2.23 bits per heavy atom. The SMILES string of the molecule is Cc1nc(-c2ccccc2)c2cnn(-c3ccccc3)c2n1. The van der Waals surface area contributed by atoms with Crippen LogP contribution in [0.5, 0.6) is 0 Å². The van der Waals surface area contributed by atoms with Crippen molar-refractivity contribution in [2.75, 3.05) is 0 Å². The third-order valence-corrected chi connectivity index (χ3v) is 3.59. The number of para-hydroxylation sites is 1. The second kappa shape index (κ2) is 5.07. The Labute approximate surface area is 128 Å². The summed E-state index contributed by atoms with van der Waals surface area (Å²) in [6, 6.07) is 20.2. The first-order valence-electron chi connectivity index (χ1n) is 7.16. The maximum Gasteiger partial charge on any atom is 0.167 e. The number of fused-ring (bicyclic) bond motifs is 1. The van der Waals surface area contributed by atoms with Crippen LogP contribution < -0.4 is 0 Å². The number of nitrogens with zero attached hydrogens (tertiary/aromatic N) is 4. The van der Waals surface area contributed by atoms with Crippen LogP contribution in [0, 0.1) is 6.92 Å². The number of benzene rings is 2. The second-order valence-corrected chi connectivity index (χ2v) is 5.11. The molecule has 0 saturated carbocycles. The van der Waals surface area contributed by atoms with Gasteiger partial charge < -0.3 is 0 Å². The molecular weight excluding hydrogens is 272 g/mol. The summed E-state index contributed by atoms with van der Waals surface area (Å²) < 4.78 is 1.86. The first-order chi connectivity index (χ1) is 10.8. The molecule has 0 aliphatic rings. The fourth-order valence-corrected chi connectivity index (χ4v) is 2.59. The smallest absolute Gasteiger partial charge is 0.167 e. The summed E-state index contributed by atoms with van der Waals surface area (Å²) >= 11 is 0. The molecule has 4 aromatic rings. The van der Waals surface area contributed by atoms with Crippen molar-refractivity contribution in [3.8, 4) is 16.9 Å². The lowest BCUT2D eigenvalue weighted by molar-refractivity contribution is 0.890. The molecule has 0 spiro atoms. The molecule has 2 aromatic heterocycles. The minimum atomic E-state index is 0.740. The monoisotopic (exact) mass is 286 g/mol. The Kier molecular flexibility index (Phi) is 2.93. The third kappa shape index (κ3) is 2.05. The fourth-order valence-electron chi connectivity index (χ4n) is 2.59. The summed E-state index contributed by atoms with van der Waals surface area (Å²) in [5.41, 5.74) is 3.82. The van der Waals surface area contributed by atoms with Gasteiger partial charge in [0.2, 0.25) is 0 Å². The average Bonchev–Trinajstić information content (AvgIpc) is 2.99. The maximum absolute atomic E-state index is 4.61.